The maximum absolute atomic E-state index is 12.9. The first kappa shape index (κ1) is 24.5. The molecule has 30 heavy (non-hydrogen) atoms. The van der Waals surface area contributed by atoms with E-state index in [1.54, 1.807) is 31.4 Å². The van der Waals surface area contributed by atoms with E-state index in [4.69, 9.17) is 14.6 Å². The number of anilines is 1. The number of nitrogens with zero attached hydrogens (tertiary/aromatic N) is 1. The van der Waals surface area contributed by atoms with Crippen molar-refractivity contribution in [3.63, 3.8) is 0 Å². The maximum Gasteiger partial charge on any atom is 1.00 e. The summed E-state index contributed by atoms with van der Waals surface area (Å²) in [5, 5.41) is 4.97. The number of methoxy groups -OCH3 is 2. The van der Waals surface area contributed by atoms with E-state index in [0.29, 0.717) is 37.2 Å². The Morgan fingerprint density at radius 3 is 2.33 bits per heavy atom. The predicted octanol–water partition coefficient (Wildman–Crippen LogP) is -0.895. The standard InChI is InChI=1S/C20H24N2O6S.Na.H/c1-26-16-7-5-6-15(14-16)20(19(23)28-29(21,24)25)10-12-22(13-11-20)17-8-3-4-9-18(17)27-2;;/h3-9,14H,10-13H2,1-2H3,(H2,21,24,25);;/q;+1;-1. The SMILES string of the molecule is COc1cccc(C2(C(=O)OS(N)(=O)=O)CCN(c3ccccc3OC)CC2)c1.[H-].[Na+]. The van der Waals surface area contributed by atoms with Gasteiger partial charge in [-0.1, -0.05) is 24.3 Å². The van der Waals surface area contributed by atoms with Crippen molar-refractivity contribution in [3.05, 3.63) is 54.1 Å². The molecule has 0 aromatic heterocycles. The van der Waals surface area contributed by atoms with Gasteiger partial charge in [-0.05, 0) is 42.7 Å². The molecule has 8 nitrogen and oxygen atoms in total. The summed E-state index contributed by atoms with van der Waals surface area (Å²) in [4.78, 5) is 15.0. The largest absolute Gasteiger partial charge is 1.00 e. The Labute approximate surface area is 200 Å². The molecule has 1 fully saturated rings. The fraction of sp³-hybridized carbons (Fsp3) is 0.350. The van der Waals surface area contributed by atoms with Crippen LogP contribution in [0.3, 0.4) is 0 Å². The van der Waals surface area contributed by atoms with Gasteiger partial charge in [0.2, 0.25) is 0 Å². The summed E-state index contributed by atoms with van der Waals surface area (Å²) in [6.45, 7) is 0.995. The number of hydrogen-bond acceptors (Lipinski definition) is 7. The Kier molecular flexibility index (Phi) is 8.18. The second-order valence-corrected chi connectivity index (χ2v) is 7.99. The molecule has 2 aromatic carbocycles. The van der Waals surface area contributed by atoms with Crippen molar-refractivity contribution in [1.29, 1.82) is 0 Å². The minimum absolute atomic E-state index is 0. The van der Waals surface area contributed by atoms with E-state index >= 15 is 0 Å². The number of carbonyl (C=O) groups excluding carboxylic acids is 1. The smallest absolute Gasteiger partial charge is 1.00 e. The third-order valence-corrected chi connectivity index (χ3v) is 5.63. The van der Waals surface area contributed by atoms with Gasteiger partial charge < -0.3 is 20.0 Å². The number of piperidine rings is 1. The number of rotatable bonds is 6. The normalized spacial score (nSPS) is 15.6. The summed E-state index contributed by atoms with van der Waals surface area (Å²) in [7, 11) is -1.29. The van der Waals surface area contributed by atoms with Crippen LogP contribution in [0.25, 0.3) is 0 Å². The molecule has 1 aliphatic rings. The zero-order valence-electron chi connectivity index (χ0n) is 18.3. The molecule has 1 aliphatic heterocycles. The molecule has 158 valence electrons. The number of hydrogen-bond donors (Lipinski definition) is 1. The predicted molar refractivity (Wildman–Crippen MR) is 109 cm³/mol. The van der Waals surface area contributed by atoms with Crippen molar-refractivity contribution in [2.75, 3.05) is 32.2 Å². The van der Waals surface area contributed by atoms with Crippen LogP contribution in [-0.4, -0.2) is 41.7 Å². The van der Waals surface area contributed by atoms with Crippen LogP contribution < -0.4 is 49.1 Å². The molecule has 1 heterocycles. The fourth-order valence-corrected chi connectivity index (χ4v) is 4.11. The van der Waals surface area contributed by atoms with Crippen LogP contribution in [0.5, 0.6) is 11.5 Å². The Balaban J connectivity index is 0.00000240. The second-order valence-electron chi connectivity index (χ2n) is 6.84. The minimum atomic E-state index is -4.43. The molecule has 0 spiro atoms. The molecule has 2 N–H and O–H groups in total. The Morgan fingerprint density at radius 1 is 1.07 bits per heavy atom. The van der Waals surface area contributed by atoms with E-state index in [1.165, 1.54) is 7.11 Å². The van der Waals surface area contributed by atoms with Crippen LogP contribution >= 0.6 is 0 Å². The Hall–Kier alpha value is -1.78. The first-order chi connectivity index (χ1) is 13.8. The fourth-order valence-electron chi connectivity index (χ4n) is 3.74. The van der Waals surface area contributed by atoms with E-state index in [0.717, 1.165) is 11.4 Å². The Bertz CT molecular complexity index is 997. The zero-order valence-corrected chi connectivity index (χ0v) is 20.1. The zero-order chi connectivity index (χ0) is 21.1. The number of benzene rings is 2. The van der Waals surface area contributed by atoms with Crippen LogP contribution in [0, 0.1) is 0 Å². The van der Waals surface area contributed by atoms with E-state index in [9.17, 15) is 13.2 Å². The van der Waals surface area contributed by atoms with Gasteiger partial charge in [0, 0.05) is 13.1 Å². The van der Waals surface area contributed by atoms with Gasteiger partial charge in [0.15, 0.2) is 0 Å². The molecule has 0 bridgehead atoms. The maximum atomic E-state index is 12.9. The average molecular weight is 444 g/mol. The van der Waals surface area contributed by atoms with Crippen LogP contribution in [0.4, 0.5) is 5.69 Å². The molecular weight excluding hydrogens is 419 g/mol. The summed E-state index contributed by atoms with van der Waals surface area (Å²) in [6.07, 6.45) is 0.680. The van der Waals surface area contributed by atoms with Crippen molar-refractivity contribution in [1.82, 2.24) is 0 Å². The molecule has 1 saturated heterocycles. The van der Waals surface area contributed by atoms with Crippen LogP contribution in [0.2, 0.25) is 0 Å². The van der Waals surface area contributed by atoms with Crippen molar-refractivity contribution < 1.29 is 57.9 Å². The van der Waals surface area contributed by atoms with Gasteiger partial charge in [-0.25, -0.2) is 4.79 Å². The van der Waals surface area contributed by atoms with Crippen molar-refractivity contribution in [2.45, 2.75) is 18.3 Å². The van der Waals surface area contributed by atoms with Crippen molar-refractivity contribution >= 4 is 22.0 Å². The van der Waals surface area contributed by atoms with Gasteiger partial charge in [-0.2, -0.15) is 13.6 Å². The molecular formula is C20H25N2NaO6S. The number of nitrogens with two attached hydrogens (primary N) is 1. The number of carbonyl (C=O) groups is 1. The molecule has 3 rings (SSSR count). The second kappa shape index (κ2) is 10.0. The summed E-state index contributed by atoms with van der Waals surface area (Å²) < 4.78 is 38.2. The van der Waals surface area contributed by atoms with Crippen LogP contribution in [0.15, 0.2) is 48.5 Å². The van der Waals surface area contributed by atoms with E-state index in [-0.39, 0.29) is 31.0 Å². The molecule has 10 heteroatoms. The van der Waals surface area contributed by atoms with Crippen LogP contribution in [0.1, 0.15) is 19.8 Å². The summed E-state index contributed by atoms with van der Waals surface area (Å²) in [5.41, 5.74) is 0.388. The van der Waals surface area contributed by atoms with Gasteiger partial charge in [-0.3, -0.25) is 0 Å². The Morgan fingerprint density at radius 2 is 1.73 bits per heavy atom. The van der Waals surface area contributed by atoms with Gasteiger partial charge in [0.25, 0.3) is 0 Å². The summed E-state index contributed by atoms with van der Waals surface area (Å²) in [5.74, 6) is 0.416. The van der Waals surface area contributed by atoms with Crippen molar-refractivity contribution in [2.24, 2.45) is 5.14 Å². The molecule has 0 aliphatic carbocycles. The third kappa shape index (κ3) is 5.28. The first-order valence-electron chi connectivity index (χ1n) is 9.08. The minimum Gasteiger partial charge on any atom is -1.00 e. The van der Waals surface area contributed by atoms with Crippen LogP contribution in [-0.2, 0) is 24.7 Å². The van der Waals surface area contributed by atoms with E-state index < -0.39 is 21.7 Å². The topological polar surface area (TPSA) is 108 Å². The summed E-state index contributed by atoms with van der Waals surface area (Å²) in [6, 6.07) is 14.6. The summed E-state index contributed by atoms with van der Waals surface area (Å²) >= 11 is 0. The third-order valence-electron chi connectivity index (χ3n) is 5.25. The molecule has 2 aromatic rings. The number of ether oxygens (including phenoxy) is 2. The molecule has 0 saturated carbocycles. The van der Waals surface area contributed by atoms with E-state index in [2.05, 4.69) is 9.08 Å². The molecule has 0 atom stereocenters. The number of para-hydroxylation sites is 2. The van der Waals surface area contributed by atoms with Gasteiger partial charge in [-0.15, -0.1) is 0 Å². The van der Waals surface area contributed by atoms with Gasteiger partial charge in [0.1, 0.15) is 11.5 Å². The van der Waals surface area contributed by atoms with E-state index in [1.807, 2.05) is 24.3 Å². The average Bonchev–Trinajstić information content (AvgIpc) is 2.72. The van der Waals surface area contributed by atoms with Crippen molar-refractivity contribution in [3.8, 4) is 11.5 Å². The monoisotopic (exact) mass is 444 g/mol. The molecule has 0 amide bonds. The first-order valence-corrected chi connectivity index (χ1v) is 10.6. The molecule has 0 radical (unpaired) electrons. The van der Waals surface area contributed by atoms with Gasteiger partial charge in [0.05, 0.1) is 25.3 Å². The molecule has 0 unspecified atom stereocenters. The van der Waals surface area contributed by atoms with Gasteiger partial charge >= 0.3 is 45.8 Å². The quantitative estimate of drug-likeness (QED) is 0.576.